The largest absolute Gasteiger partial charge is 1.00 e. The summed E-state index contributed by atoms with van der Waals surface area (Å²) in [5.41, 5.74) is 5.91. The third kappa shape index (κ3) is 24.0. The molecule has 93 heavy (non-hydrogen) atoms. The van der Waals surface area contributed by atoms with E-state index in [1.165, 1.54) is 49.9 Å². The average Bonchev–Trinajstić information content (AvgIpc) is 1.65. The number of aromatic carboxylic acids is 2. The van der Waals surface area contributed by atoms with Gasteiger partial charge < -0.3 is 55.8 Å². The van der Waals surface area contributed by atoms with Crippen LogP contribution in [-0.2, 0) is 14.4 Å². The summed E-state index contributed by atoms with van der Waals surface area (Å²) in [6.45, 7) is 10.4. The Bertz CT molecular complexity index is 3770. The Morgan fingerprint density at radius 1 is 0.376 bits per heavy atom. The molecule has 0 saturated carbocycles. The number of carbonyl (C=O) groups excluding carboxylic acids is 8. The van der Waals surface area contributed by atoms with E-state index in [1.807, 2.05) is 93.6 Å². The zero-order valence-electron chi connectivity index (χ0n) is 53.0. The van der Waals surface area contributed by atoms with E-state index in [0.717, 1.165) is 33.9 Å². The molecule has 0 unspecified atom stereocenters. The Balaban J connectivity index is 0.000000266. The second-order valence-electron chi connectivity index (χ2n) is 19.8. The molecule has 472 valence electrons. The van der Waals surface area contributed by atoms with E-state index in [2.05, 4.69) is 26.6 Å². The van der Waals surface area contributed by atoms with E-state index < -0.39 is 23.8 Å². The SMILES string of the molecule is CNC(C)=O.CNC(C)=O.CNC(C)=O.Cc1ccc(Oc2ccc(N3C(=O)c4ccccc4C3=O)cc2)cc1.Cc1ccc(Oc2ccc(NC(=O)c3ccccc3C(=O)O)cc2)cc1.Cc1ccc(Oc2ccc(NC(=O)c3ccccc3C(=O)[O-])cc2)cc1.[Li+]. The Kier molecular flexibility index (Phi) is 29.7. The van der Waals surface area contributed by atoms with Crippen LogP contribution in [-0.4, -0.2) is 79.5 Å². The summed E-state index contributed by atoms with van der Waals surface area (Å²) in [5, 5.41) is 32.8. The van der Waals surface area contributed by atoms with Crippen LogP contribution >= 0.6 is 0 Å². The minimum Gasteiger partial charge on any atom is -0.545 e. The number of hydrogen-bond acceptors (Lipinski definition) is 13. The second-order valence-corrected chi connectivity index (χ2v) is 19.8. The van der Waals surface area contributed by atoms with Crippen molar-refractivity contribution < 1.29 is 86.4 Å². The minimum absolute atomic E-state index is 0. The molecule has 0 aliphatic carbocycles. The summed E-state index contributed by atoms with van der Waals surface area (Å²) < 4.78 is 17.2. The molecule has 1 aliphatic heterocycles. The molecule has 10 rings (SSSR count). The molecule has 0 radical (unpaired) electrons. The van der Waals surface area contributed by atoms with Crippen LogP contribution in [0.15, 0.2) is 218 Å². The zero-order chi connectivity index (χ0) is 67.3. The van der Waals surface area contributed by atoms with Crippen molar-refractivity contribution in [2.75, 3.05) is 36.7 Å². The standard InChI is InChI=1S/2C21H17NO4.C21H15NO3.3C3H7NO.Li/c2*1-14-6-10-16(11-7-14)26-17-12-8-15(9-13-17)22-20(23)18-4-2-3-5-19(18)21(24)25;1-14-6-10-16(11-7-14)25-17-12-8-15(9-13-17)22-20(23)18-4-2-3-5-19(18)21(22)24;3*1-3(5)4-2;/h2*2-13H,1H3,(H,22,23)(H,24,25);2-13H,1H3;3*1-2H3,(H,4,5);/q;;;;;;+1/p-1. The van der Waals surface area contributed by atoms with Crippen LogP contribution in [0, 0.1) is 20.8 Å². The molecule has 9 aromatic rings. The van der Waals surface area contributed by atoms with E-state index >= 15 is 0 Å². The second kappa shape index (κ2) is 37.4. The molecular formula is C72H69LiN6O14. The van der Waals surface area contributed by atoms with Crippen molar-refractivity contribution in [2.45, 2.75) is 41.5 Å². The molecule has 1 aliphatic rings. The molecular weight excluding hydrogens is 1180 g/mol. The van der Waals surface area contributed by atoms with Crippen molar-refractivity contribution >= 4 is 70.4 Å². The first-order valence-electron chi connectivity index (χ1n) is 28.3. The van der Waals surface area contributed by atoms with Crippen molar-refractivity contribution in [1.82, 2.24) is 16.0 Å². The number of nitrogens with zero attached hydrogens (tertiary/aromatic N) is 1. The van der Waals surface area contributed by atoms with Crippen molar-refractivity contribution in [2.24, 2.45) is 0 Å². The van der Waals surface area contributed by atoms with Gasteiger partial charge in [-0.05, 0) is 160 Å². The number of rotatable bonds is 13. The molecule has 6 N–H and O–H groups in total. The number of hydrogen-bond donors (Lipinski definition) is 6. The number of aryl methyl sites for hydroxylation is 3. The molecule has 0 bridgehead atoms. The van der Waals surface area contributed by atoms with E-state index in [0.29, 0.717) is 45.4 Å². The summed E-state index contributed by atoms with van der Waals surface area (Å²) in [6.07, 6.45) is 0. The minimum atomic E-state index is -1.39. The van der Waals surface area contributed by atoms with Crippen LogP contribution in [0.3, 0.4) is 0 Å². The topological polar surface area (TPSA) is 288 Å². The molecule has 0 fully saturated rings. The number of nitrogens with one attached hydrogen (secondary N) is 5. The Morgan fingerprint density at radius 2 is 0.624 bits per heavy atom. The predicted molar refractivity (Wildman–Crippen MR) is 350 cm³/mol. The summed E-state index contributed by atoms with van der Waals surface area (Å²) in [5.74, 6) is -0.0240. The normalized spacial score (nSPS) is 10.3. The average molecular weight is 1250 g/mol. The number of amides is 7. The van der Waals surface area contributed by atoms with Gasteiger partial charge in [0.25, 0.3) is 23.6 Å². The number of fused-ring (bicyclic) bond motifs is 1. The van der Waals surface area contributed by atoms with Gasteiger partial charge in [-0.1, -0.05) is 95.6 Å². The fourth-order valence-electron chi connectivity index (χ4n) is 7.65. The van der Waals surface area contributed by atoms with Crippen molar-refractivity contribution in [3.63, 3.8) is 0 Å². The van der Waals surface area contributed by atoms with Crippen LogP contribution in [0.4, 0.5) is 17.1 Å². The maximum atomic E-state index is 12.5. The van der Waals surface area contributed by atoms with Crippen molar-refractivity contribution in [1.29, 1.82) is 0 Å². The monoisotopic (exact) mass is 1250 g/mol. The Labute approximate surface area is 551 Å². The predicted octanol–water partition coefficient (Wildman–Crippen LogP) is 8.99. The fourth-order valence-corrected chi connectivity index (χ4v) is 7.65. The molecule has 0 atom stereocenters. The third-order valence-corrected chi connectivity index (χ3v) is 12.7. The molecule has 1 heterocycles. The Morgan fingerprint density at radius 3 is 0.903 bits per heavy atom. The summed E-state index contributed by atoms with van der Waals surface area (Å²) in [4.78, 5) is 102. The number of benzene rings is 9. The van der Waals surface area contributed by atoms with Crippen LogP contribution in [0.2, 0.25) is 0 Å². The van der Waals surface area contributed by atoms with Crippen LogP contribution < -0.4 is 69.7 Å². The first kappa shape index (κ1) is 73.9. The van der Waals surface area contributed by atoms with Gasteiger partial charge in [0.15, 0.2) is 0 Å². The molecule has 0 aromatic heterocycles. The van der Waals surface area contributed by atoms with Gasteiger partial charge in [-0.3, -0.25) is 33.6 Å². The number of anilines is 3. The van der Waals surface area contributed by atoms with Crippen LogP contribution in [0.1, 0.15) is 99.6 Å². The van der Waals surface area contributed by atoms with E-state index in [9.17, 15) is 53.4 Å². The maximum absolute atomic E-state index is 12.5. The van der Waals surface area contributed by atoms with E-state index in [4.69, 9.17) is 14.2 Å². The van der Waals surface area contributed by atoms with Gasteiger partial charge >= 0.3 is 24.8 Å². The first-order valence-corrected chi connectivity index (χ1v) is 28.3. The smallest absolute Gasteiger partial charge is 0.545 e. The number of carboxylic acid groups (broad SMARTS) is 2. The maximum Gasteiger partial charge on any atom is 1.00 e. The fraction of sp³-hybridized carbons (Fsp3) is 0.125. The van der Waals surface area contributed by atoms with Crippen molar-refractivity contribution in [3.05, 3.63) is 268 Å². The number of carboxylic acids is 2. The molecule has 20 nitrogen and oxygen atoms in total. The van der Waals surface area contributed by atoms with Crippen molar-refractivity contribution in [3.8, 4) is 34.5 Å². The van der Waals surface area contributed by atoms with Gasteiger partial charge in [0, 0.05) is 64.4 Å². The summed E-state index contributed by atoms with van der Waals surface area (Å²) in [6, 6.07) is 62.6. The quantitative estimate of drug-likeness (QED) is 0.0464. The van der Waals surface area contributed by atoms with Gasteiger partial charge in [-0.25, -0.2) is 9.69 Å². The molecule has 7 amide bonds. The van der Waals surface area contributed by atoms with E-state index in [1.54, 1.807) is 142 Å². The number of imide groups is 1. The van der Waals surface area contributed by atoms with Gasteiger partial charge in [0.1, 0.15) is 34.5 Å². The van der Waals surface area contributed by atoms with Gasteiger partial charge in [0.2, 0.25) is 17.7 Å². The van der Waals surface area contributed by atoms with Gasteiger partial charge in [-0.2, -0.15) is 0 Å². The Hall–Kier alpha value is -11.6. The molecule has 0 saturated heterocycles. The first-order chi connectivity index (χ1) is 44.0. The number of ether oxygens (including phenoxy) is 3. The summed E-state index contributed by atoms with van der Waals surface area (Å²) in [7, 11) is 4.80. The zero-order valence-corrected chi connectivity index (χ0v) is 53.0. The molecule has 9 aromatic carbocycles. The van der Waals surface area contributed by atoms with Crippen LogP contribution in [0.5, 0.6) is 34.5 Å². The molecule has 21 heteroatoms. The summed E-state index contributed by atoms with van der Waals surface area (Å²) >= 11 is 0. The van der Waals surface area contributed by atoms with Gasteiger partial charge in [0.05, 0.1) is 33.9 Å². The molecule has 0 spiro atoms. The van der Waals surface area contributed by atoms with E-state index in [-0.39, 0.29) is 70.7 Å². The van der Waals surface area contributed by atoms with Crippen LogP contribution in [0.25, 0.3) is 0 Å². The number of carbonyl (C=O) groups is 9. The third-order valence-electron chi connectivity index (χ3n) is 12.7. The van der Waals surface area contributed by atoms with Gasteiger partial charge in [-0.15, -0.1) is 0 Å².